The van der Waals surface area contributed by atoms with Crippen molar-refractivity contribution in [2.24, 2.45) is 0 Å². The summed E-state index contributed by atoms with van der Waals surface area (Å²) in [5.74, 6) is -0.0950. The highest BCUT2D eigenvalue weighted by atomic mass is 79.9. The standard InChI is InChI=1S/C13H12BrNO2S/c14-11-6-7-13(15)10(8-11)9-18(16,17)12-4-2-1-3-5-12/h1-8H,9,15H2. The molecule has 18 heavy (non-hydrogen) atoms. The Labute approximate surface area is 115 Å². The van der Waals surface area contributed by atoms with Crippen LogP contribution in [-0.4, -0.2) is 8.42 Å². The minimum atomic E-state index is -3.35. The molecule has 94 valence electrons. The highest BCUT2D eigenvalue weighted by Gasteiger charge is 2.16. The number of anilines is 1. The van der Waals surface area contributed by atoms with Crippen LogP contribution in [0, 0.1) is 0 Å². The number of nitrogen functional groups attached to an aromatic ring is 1. The third kappa shape index (κ3) is 2.91. The maximum atomic E-state index is 12.2. The molecule has 5 heteroatoms. The first kappa shape index (κ1) is 13.1. The lowest BCUT2D eigenvalue weighted by Crippen LogP contribution is -2.06. The fourth-order valence-electron chi connectivity index (χ4n) is 1.62. The first-order valence-corrected chi connectivity index (χ1v) is 7.75. The van der Waals surface area contributed by atoms with E-state index in [0.29, 0.717) is 16.1 Å². The largest absolute Gasteiger partial charge is 0.398 e. The van der Waals surface area contributed by atoms with Gasteiger partial charge in [0.25, 0.3) is 0 Å². The minimum absolute atomic E-state index is 0.0950. The van der Waals surface area contributed by atoms with Gasteiger partial charge in [0.2, 0.25) is 0 Å². The second-order valence-corrected chi connectivity index (χ2v) is 6.82. The van der Waals surface area contributed by atoms with Gasteiger partial charge in [-0.3, -0.25) is 0 Å². The van der Waals surface area contributed by atoms with Gasteiger partial charge in [-0.25, -0.2) is 8.42 Å². The molecule has 3 nitrogen and oxygen atoms in total. The molecule has 0 unspecified atom stereocenters. The van der Waals surface area contributed by atoms with Crippen LogP contribution in [0.5, 0.6) is 0 Å². The molecule has 0 bridgehead atoms. The summed E-state index contributed by atoms with van der Waals surface area (Å²) in [4.78, 5) is 0.310. The number of sulfone groups is 1. The van der Waals surface area contributed by atoms with Gasteiger partial charge >= 0.3 is 0 Å². The summed E-state index contributed by atoms with van der Waals surface area (Å²) < 4.78 is 25.2. The first-order valence-electron chi connectivity index (χ1n) is 5.31. The van der Waals surface area contributed by atoms with E-state index in [9.17, 15) is 8.42 Å². The van der Waals surface area contributed by atoms with Crippen LogP contribution in [0.15, 0.2) is 57.9 Å². The van der Waals surface area contributed by atoms with Gasteiger partial charge in [-0.15, -0.1) is 0 Å². The van der Waals surface area contributed by atoms with E-state index in [-0.39, 0.29) is 5.75 Å². The summed E-state index contributed by atoms with van der Waals surface area (Å²) in [5.41, 5.74) is 6.88. The molecule has 0 saturated heterocycles. The third-order valence-corrected chi connectivity index (χ3v) is 4.73. The molecule has 0 atom stereocenters. The normalized spacial score (nSPS) is 11.4. The molecular weight excluding hydrogens is 314 g/mol. The van der Waals surface area contributed by atoms with Crippen molar-refractivity contribution in [3.05, 3.63) is 58.6 Å². The summed E-state index contributed by atoms with van der Waals surface area (Å²) in [5, 5.41) is 0. The van der Waals surface area contributed by atoms with Gasteiger partial charge in [-0.05, 0) is 35.9 Å². The Morgan fingerprint density at radius 2 is 1.72 bits per heavy atom. The lowest BCUT2D eigenvalue weighted by Gasteiger charge is -2.07. The second kappa shape index (κ2) is 5.12. The molecule has 0 radical (unpaired) electrons. The predicted molar refractivity (Wildman–Crippen MR) is 75.9 cm³/mol. The van der Waals surface area contributed by atoms with Crippen LogP contribution in [0.1, 0.15) is 5.56 Å². The average Bonchev–Trinajstić information content (AvgIpc) is 2.35. The lowest BCUT2D eigenvalue weighted by atomic mass is 10.2. The number of rotatable bonds is 3. The number of hydrogen-bond acceptors (Lipinski definition) is 3. The molecule has 0 amide bonds. The molecule has 2 N–H and O–H groups in total. The monoisotopic (exact) mass is 325 g/mol. The number of hydrogen-bond donors (Lipinski definition) is 1. The van der Waals surface area contributed by atoms with E-state index in [0.717, 1.165) is 4.47 Å². The lowest BCUT2D eigenvalue weighted by molar-refractivity contribution is 0.595. The summed E-state index contributed by atoms with van der Waals surface area (Å²) in [6.07, 6.45) is 0. The van der Waals surface area contributed by atoms with E-state index >= 15 is 0 Å². The van der Waals surface area contributed by atoms with Crippen LogP contribution in [-0.2, 0) is 15.6 Å². The molecule has 2 aromatic carbocycles. The Kier molecular flexibility index (Phi) is 3.73. The van der Waals surface area contributed by atoms with E-state index in [2.05, 4.69) is 15.9 Å². The van der Waals surface area contributed by atoms with Crippen molar-refractivity contribution in [3.8, 4) is 0 Å². The van der Waals surface area contributed by atoms with E-state index in [1.807, 2.05) is 0 Å². The zero-order valence-corrected chi connectivity index (χ0v) is 11.9. The number of halogens is 1. The molecule has 2 rings (SSSR count). The zero-order chi connectivity index (χ0) is 13.2. The highest BCUT2D eigenvalue weighted by molar-refractivity contribution is 9.10. The van der Waals surface area contributed by atoms with Crippen LogP contribution in [0.2, 0.25) is 0 Å². The molecule has 0 fully saturated rings. The van der Waals surface area contributed by atoms with Gasteiger partial charge in [0.05, 0.1) is 10.6 Å². The maximum Gasteiger partial charge on any atom is 0.182 e. The van der Waals surface area contributed by atoms with Crippen molar-refractivity contribution < 1.29 is 8.42 Å². The van der Waals surface area contributed by atoms with E-state index in [1.165, 1.54) is 0 Å². The molecule has 0 spiro atoms. The fraction of sp³-hybridized carbons (Fsp3) is 0.0769. The smallest absolute Gasteiger partial charge is 0.182 e. The minimum Gasteiger partial charge on any atom is -0.398 e. The van der Waals surface area contributed by atoms with Gasteiger partial charge in [-0.2, -0.15) is 0 Å². The fourth-order valence-corrected chi connectivity index (χ4v) is 3.42. The van der Waals surface area contributed by atoms with Crippen LogP contribution in [0.25, 0.3) is 0 Å². The van der Waals surface area contributed by atoms with E-state index < -0.39 is 9.84 Å². The van der Waals surface area contributed by atoms with Gasteiger partial charge < -0.3 is 5.73 Å². The molecule has 0 aliphatic carbocycles. The van der Waals surface area contributed by atoms with Crippen molar-refractivity contribution in [3.63, 3.8) is 0 Å². The third-order valence-electron chi connectivity index (χ3n) is 2.55. The molecule has 0 aliphatic rings. The van der Waals surface area contributed by atoms with Gasteiger partial charge in [0, 0.05) is 10.2 Å². The second-order valence-electron chi connectivity index (χ2n) is 3.92. The number of benzene rings is 2. The average molecular weight is 326 g/mol. The highest BCUT2D eigenvalue weighted by Crippen LogP contribution is 2.23. The van der Waals surface area contributed by atoms with Crippen LogP contribution < -0.4 is 5.73 Å². The Morgan fingerprint density at radius 1 is 1.06 bits per heavy atom. The van der Waals surface area contributed by atoms with Crippen molar-refractivity contribution in [2.45, 2.75) is 10.6 Å². The van der Waals surface area contributed by atoms with Crippen molar-refractivity contribution in [2.75, 3.05) is 5.73 Å². The van der Waals surface area contributed by atoms with Crippen molar-refractivity contribution in [1.82, 2.24) is 0 Å². The summed E-state index contributed by atoms with van der Waals surface area (Å²) >= 11 is 3.31. The van der Waals surface area contributed by atoms with E-state index in [1.54, 1.807) is 48.5 Å². The summed E-state index contributed by atoms with van der Waals surface area (Å²) in [6, 6.07) is 13.6. The van der Waals surface area contributed by atoms with Gasteiger partial charge in [-0.1, -0.05) is 34.1 Å². The topological polar surface area (TPSA) is 60.2 Å². The Hall–Kier alpha value is -1.33. The van der Waals surface area contributed by atoms with Gasteiger partial charge in [0.1, 0.15) is 0 Å². The predicted octanol–water partition coefficient (Wildman–Crippen LogP) is 3.01. The summed E-state index contributed by atoms with van der Waals surface area (Å²) in [7, 11) is -3.35. The maximum absolute atomic E-state index is 12.2. The molecule has 0 aromatic heterocycles. The van der Waals surface area contributed by atoms with Crippen LogP contribution in [0.4, 0.5) is 5.69 Å². The first-order chi connectivity index (χ1) is 8.49. The molecular formula is C13H12BrNO2S. The quantitative estimate of drug-likeness (QED) is 0.882. The molecule has 0 heterocycles. The molecule has 0 saturated carbocycles. The number of nitrogens with two attached hydrogens (primary N) is 1. The van der Waals surface area contributed by atoms with Crippen LogP contribution in [0.3, 0.4) is 0 Å². The SMILES string of the molecule is Nc1ccc(Br)cc1CS(=O)(=O)c1ccccc1. The Balaban J connectivity index is 2.37. The van der Waals surface area contributed by atoms with Gasteiger partial charge in [0.15, 0.2) is 9.84 Å². The molecule has 0 aliphatic heterocycles. The Morgan fingerprint density at radius 3 is 2.39 bits per heavy atom. The van der Waals surface area contributed by atoms with E-state index in [4.69, 9.17) is 5.73 Å². The van der Waals surface area contributed by atoms with Crippen LogP contribution >= 0.6 is 15.9 Å². The summed E-state index contributed by atoms with van der Waals surface area (Å²) in [6.45, 7) is 0. The molecule has 2 aromatic rings. The van der Waals surface area contributed by atoms with Crippen molar-refractivity contribution >= 4 is 31.5 Å². The van der Waals surface area contributed by atoms with Crippen molar-refractivity contribution in [1.29, 1.82) is 0 Å². The zero-order valence-electron chi connectivity index (χ0n) is 9.51. The Bertz CT molecular complexity index is 654.